The Bertz CT molecular complexity index is 229. The van der Waals surface area contributed by atoms with Crippen molar-refractivity contribution < 1.29 is 19.7 Å². The van der Waals surface area contributed by atoms with Gasteiger partial charge in [0.25, 0.3) is 0 Å². The summed E-state index contributed by atoms with van der Waals surface area (Å²) in [6, 6.07) is 0. The van der Waals surface area contributed by atoms with Gasteiger partial charge in [0, 0.05) is 0 Å². The van der Waals surface area contributed by atoms with Crippen molar-refractivity contribution in [3.05, 3.63) is 0 Å². The standard InChI is InChI=1S/C9H15NO4/c11-5-7-3-10(9(12)13)4-8(14-7)6-1-2-6/h6-8,11H,1-5H2,(H,12,13)/t7-,8+/m0/s1. The van der Waals surface area contributed by atoms with Gasteiger partial charge >= 0.3 is 6.09 Å². The van der Waals surface area contributed by atoms with Crippen LogP contribution < -0.4 is 0 Å². The van der Waals surface area contributed by atoms with Gasteiger partial charge in [-0.1, -0.05) is 0 Å². The lowest BCUT2D eigenvalue weighted by Gasteiger charge is -2.36. The van der Waals surface area contributed by atoms with Crippen LogP contribution in [0.2, 0.25) is 0 Å². The quantitative estimate of drug-likeness (QED) is 0.666. The third kappa shape index (κ3) is 1.99. The number of hydrogen-bond acceptors (Lipinski definition) is 3. The first-order valence-corrected chi connectivity index (χ1v) is 4.95. The number of carboxylic acid groups (broad SMARTS) is 1. The Balaban J connectivity index is 1.96. The molecule has 1 aliphatic heterocycles. The summed E-state index contributed by atoms with van der Waals surface area (Å²) in [6.07, 6.45) is 0.979. The zero-order chi connectivity index (χ0) is 10.1. The molecule has 0 unspecified atom stereocenters. The monoisotopic (exact) mass is 201 g/mol. The number of nitrogens with zero attached hydrogens (tertiary/aromatic N) is 1. The van der Waals surface area contributed by atoms with Gasteiger partial charge in [0.2, 0.25) is 0 Å². The number of aliphatic hydroxyl groups is 1. The highest BCUT2D eigenvalue weighted by molar-refractivity contribution is 5.65. The Morgan fingerprint density at radius 2 is 2.14 bits per heavy atom. The second-order valence-electron chi connectivity index (χ2n) is 4.00. The summed E-state index contributed by atoms with van der Waals surface area (Å²) >= 11 is 0. The molecule has 1 heterocycles. The van der Waals surface area contributed by atoms with Gasteiger partial charge in [-0.15, -0.1) is 0 Å². The molecular weight excluding hydrogens is 186 g/mol. The van der Waals surface area contributed by atoms with Gasteiger partial charge in [-0.05, 0) is 18.8 Å². The van der Waals surface area contributed by atoms with Crippen LogP contribution in [0.5, 0.6) is 0 Å². The van der Waals surface area contributed by atoms with Crippen molar-refractivity contribution in [1.29, 1.82) is 0 Å². The highest BCUT2D eigenvalue weighted by Gasteiger charge is 2.39. The van der Waals surface area contributed by atoms with Crippen molar-refractivity contribution in [2.75, 3.05) is 19.7 Å². The Kier molecular flexibility index (Phi) is 2.60. The maximum atomic E-state index is 10.8. The predicted octanol–water partition coefficient (Wildman–Crippen LogP) is 0.136. The normalized spacial score (nSPS) is 33.1. The first-order valence-electron chi connectivity index (χ1n) is 4.95. The van der Waals surface area contributed by atoms with Crippen LogP contribution >= 0.6 is 0 Å². The summed E-state index contributed by atoms with van der Waals surface area (Å²) in [5.41, 5.74) is 0. The van der Waals surface area contributed by atoms with Crippen molar-refractivity contribution in [3.8, 4) is 0 Å². The zero-order valence-corrected chi connectivity index (χ0v) is 7.93. The fourth-order valence-electron chi connectivity index (χ4n) is 1.86. The lowest BCUT2D eigenvalue weighted by molar-refractivity contribution is -0.103. The van der Waals surface area contributed by atoms with Gasteiger partial charge < -0.3 is 19.8 Å². The number of morpholine rings is 1. The number of carbonyl (C=O) groups is 1. The maximum Gasteiger partial charge on any atom is 0.407 e. The third-order valence-electron chi connectivity index (χ3n) is 2.81. The Hall–Kier alpha value is -0.810. The number of ether oxygens (including phenoxy) is 1. The minimum Gasteiger partial charge on any atom is -0.465 e. The minimum absolute atomic E-state index is 0.00278. The van der Waals surface area contributed by atoms with E-state index in [1.165, 1.54) is 4.90 Å². The molecule has 1 saturated carbocycles. The maximum absolute atomic E-state index is 10.8. The number of rotatable bonds is 2. The zero-order valence-electron chi connectivity index (χ0n) is 7.93. The lowest BCUT2D eigenvalue weighted by Crippen LogP contribution is -2.51. The van der Waals surface area contributed by atoms with Crippen LogP contribution in [0.3, 0.4) is 0 Å². The summed E-state index contributed by atoms with van der Waals surface area (Å²) in [5, 5.41) is 17.8. The van der Waals surface area contributed by atoms with Gasteiger partial charge in [0.1, 0.15) is 0 Å². The van der Waals surface area contributed by atoms with Crippen LogP contribution in [-0.4, -0.2) is 53.1 Å². The fourth-order valence-corrected chi connectivity index (χ4v) is 1.86. The molecule has 0 aromatic carbocycles. The van der Waals surface area contributed by atoms with Crippen molar-refractivity contribution >= 4 is 6.09 Å². The second kappa shape index (κ2) is 3.74. The Morgan fingerprint density at radius 3 is 2.64 bits per heavy atom. The topological polar surface area (TPSA) is 70.0 Å². The first kappa shape index (κ1) is 9.73. The summed E-state index contributed by atoms with van der Waals surface area (Å²) in [4.78, 5) is 12.1. The van der Waals surface area contributed by atoms with Gasteiger partial charge in [0.05, 0.1) is 31.9 Å². The highest BCUT2D eigenvalue weighted by atomic mass is 16.5. The van der Waals surface area contributed by atoms with Gasteiger partial charge in [-0.25, -0.2) is 4.79 Å². The molecule has 0 spiro atoms. The van der Waals surface area contributed by atoms with Crippen LogP contribution in [0.1, 0.15) is 12.8 Å². The molecule has 0 bridgehead atoms. The van der Waals surface area contributed by atoms with Crippen LogP contribution in [0, 0.1) is 5.92 Å². The second-order valence-corrected chi connectivity index (χ2v) is 4.00. The van der Waals surface area contributed by atoms with E-state index in [4.69, 9.17) is 14.9 Å². The van der Waals surface area contributed by atoms with Crippen LogP contribution in [-0.2, 0) is 4.74 Å². The lowest BCUT2D eigenvalue weighted by atomic mass is 10.1. The molecule has 1 amide bonds. The Morgan fingerprint density at radius 1 is 1.43 bits per heavy atom. The van der Waals surface area contributed by atoms with Gasteiger partial charge in [0.15, 0.2) is 0 Å². The molecule has 14 heavy (non-hydrogen) atoms. The molecule has 2 aliphatic rings. The third-order valence-corrected chi connectivity index (χ3v) is 2.81. The molecule has 1 aliphatic carbocycles. The summed E-state index contributed by atoms with van der Waals surface area (Å²) in [7, 11) is 0. The van der Waals surface area contributed by atoms with Crippen molar-refractivity contribution in [3.63, 3.8) is 0 Å². The van der Waals surface area contributed by atoms with E-state index in [1.807, 2.05) is 0 Å². The van der Waals surface area contributed by atoms with E-state index < -0.39 is 6.09 Å². The number of hydrogen-bond donors (Lipinski definition) is 2. The molecule has 2 rings (SSSR count). The van der Waals surface area contributed by atoms with E-state index in [0.717, 1.165) is 12.8 Å². The average molecular weight is 201 g/mol. The molecule has 0 aromatic rings. The van der Waals surface area contributed by atoms with E-state index in [0.29, 0.717) is 12.5 Å². The van der Waals surface area contributed by atoms with Crippen LogP contribution in [0.25, 0.3) is 0 Å². The van der Waals surface area contributed by atoms with E-state index in [2.05, 4.69) is 0 Å². The highest BCUT2D eigenvalue weighted by Crippen LogP contribution is 2.36. The van der Waals surface area contributed by atoms with Gasteiger partial charge in [-0.2, -0.15) is 0 Å². The van der Waals surface area contributed by atoms with E-state index in [9.17, 15) is 4.79 Å². The first-order chi connectivity index (χ1) is 6.70. The molecule has 5 nitrogen and oxygen atoms in total. The SMILES string of the molecule is O=C(O)N1C[C@@H](CO)O[C@@H](C2CC2)C1. The van der Waals surface area contributed by atoms with Crippen LogP contribution in [0.15, 0.2) is 0 Å². The molecular formula is C9H15NO4. The van der Waals surface area contributed by atoms with E-state index in [1.54, 1.807) is 0 Å². The molecule has 0 aromatic heterocycles. The molecule has 2 fully saturated rings. The Labute approximate surface area is 82.3 Å². The van der Waals surface area contributed by atoms with Crippen molar-refractivity contribution in [2.45, 2.75) is 25.0 Å². The van der Waals surface area contributed by atoms with Crippen LogP contribution in [0.4, 0.5) is 4.79 Å². The molecule has 2 atom stereocenters. The average Bonchev–Trinajstić information content (AvgIpc) is 3.00. The predicted molar refractivity (Wildman–Crippen MR) is 48.1 cm³/mol. The fraction of sp³-hybridized carbons (Fsp3) is 0.889. The number of aliphatic hydroxyl groups excluding tert-OH is 1. The molecule has 2 N–H and O–H groups in total. The summed E-state index contributed by atoms with van der Waals surface area (Å²) in [5.74, 6) is 0.506. The van der Waals surface area contributed by atoms with Crippen molar-refractivity contribution in [1.82, 2.24) is 4.90 Å². The van der Waals surface area contributed by atoms with E-state index in [-0.39, 0.29) is 25.4 Å². The molecule has 1 saturated heterocycles. The molecule has 5 heteroatoms. The number of amides is 1. The molecule has 0 radical (unpaired) electrons. The minimum atomic E-state index is -0.919. The summed E-state index contributed by atoms with van der Waals surface area (Å²) < 4.78 is 5.58. The smallest absolute Gasteiger partial charge is 0.407 e. The van der Waals surface area contributed by atoms with E-state index >= 15 is 0 Å². The van der Waals surface area contributed by atoms with Gasteiger partial charge in [-0.3, -0.25) is 0 Å². The largest absolute Gasteiger partial charge is 0.465 e. The molecule has 80 valence electrons. The summed E-state index contributed by atoms with van der Waals surface area (Å²) in [6.45, 7) is 0.637. The van der Waals surface area contributed by atoms with Crippen molar-refractivity contribution in [2.24, 2.45) is 5.92 Å².